The number of pyridine rings is 1. The Labute approximate surface area is 78.8 Å². The van der Waals surface area contributed by atoms with Gasteiger partial charge in [-0.1, -0.05) is 6.07 Å². The van der Waals surface area contributed by atoms with Crippen LogP contribution in [0.2, 0.25) is 0 Å². The predicted molar refractivity (Wildman–Crippen MR) is 52.4 cm³/mol. The molecule has 0 saturated carbocycles. The number of rotatable bonds is 3. The SMILES string of the molecule is CNC1CN(Cc2cccnc2)C1. The lowest BCUT2D eigenvalue weighted by atomic mass is 10.1. The first kappa shape index (κ1) is 8.66. The minimum Gasteiger partial charge on any atom is -0.315 e. The maximum atomic E-state index is 4.09. The van der Waals surface area contributed by atoms with E-state index in [1.54, 1.807) is 0 Å². The van der Waals surface area contributed by atoms with E-state index in [9.17, 15) is 0 Å². The van der Waals surface area contributed by atoms with Crippen LogP contribution >= 0.6 is 0 Å². The maximum absolute atomic E-state index is 4.09. The normalized spacial score (nSPS) is 18.5. The van der Waals surface area contributed by atoms with Crippen molar-refractivity contribution in [2.45, 2.75) is 12.6 Å². The Morgan fingerprint density at radius 2 is 2.46 bits per heavy atom. The highest BCUT2D eigenvalue weighted by atomic mass is 15.2. The van der Waals surface area contributed by atoms with Crippen molar-refractivity contribution >= 4 is 0 Å². The van der Waals surface area contributed by atoms with Gasteiger partial charge < -0.3 is 5.32 Å². The van der Waals surface area contributed by atoms with E-state index in [4.69, 9.17) is 0 Å². The molecule has 1 fully saturated rings. The number of aromatic nitrogens is 1. The number of likely N-dealkylation sites (tertiary alicyclic amines) is 1. The number of nitrogens with one attached hydrogen (secondary N) is 1. The second kappa shape index (κ2) is 3.85. The molecule has 2 heterocycles. The zero-order valence-electron chi connectivity index (χ0n) is 7.90. The number of nitrogens with zero attached hydrogens (tertiary/aromatic N) is 2. The minimum atomic E-state index is 0.691. The summed E-state index contributed by atoms with van der Waals surface area (Å²) < 4.78 is 0. The monoisotopic (exact) mass is 177 g/mol. The fourth-order valence-corrected chi connectivity index (χ4v) is 1.63. The van der Waals surface area contributed by atoms with E-state index >= 15 is 0 Å². The van der Waals surface area contributed by atoms with Crippen molar-refractivity contribution < 1.29 is 0 Å². The molecule has 1 N–H and O–H groups in total. The van der Waals surface area contributed by atoms with Crippen LogP contribution in [0.4, 0.5) is 0 Å². The molecule has 0 radical (unpaired) electrons. The van der Waals surface area contributed by atoms with Gasteiger partial charge in [0.1, 0.15) is 0 Å². The summed E-state index contributed by atoms with van der Waals surface area (Å²) in [5, 5.41) is 3.26. The van der Waals surface area contributed by atoms with E-state index in [2.05, 4.69) is 21.3 Å². The van der Waals surface area contributed by atoms with E-state index in [1.165, 1.54) is 5.56 Å². The Bertz CT molecular complexity index is 254. The van der Waals surface area contributed by atoms with Gasteiger partial charge in [-0.05, 0) is 18.7 Å². The molecule has 0 bridgehead atoms. The Morgan fingerprint density at radius 3 is 3.08 bits per heavy atom. The van der Waals surface area contributed by atoms with Crippen LogP contribution in [0.15, 0.2) is 24.5 Å². The van der Waals surface area contributed by atoms with Crippen LogP contribution in [-0.4, -0.2) is 36.1 Å². The van der Waals surface area contributed by atoms with Crippen LogP contribution in [0, 0.1) is 0 Å². The smallest absolute Gasteiger partial charge is 0.0320 e. The van der Waals surface area contributed by atoms with Crippen LogP contribution in [0.25, 0.3) is 0 Å². The molecule has 0 unspecified atom stereocenters. The van der Waals surface area contributed by atoms with Crippen LogP contribution in [-0.2, 0) is 6.54 Å². The molecule has 1 aliphatic heterocycles. The Hall–Kier alpha value is -0.930. The zero-order chi connectivity index (χ0) is 9.10. The van der Waals surface area contributed by atoms with Gasteiger partial charge in [0, 0.05) is 38.1 Å². The van der Waals surface area contributed by atoms with Crippen molar-refractivity contribution in [3.8, 4) is 0 Å². The van der Waals surface area contributed by atoms with Gasteiger partial charge in [0.05, 0.1) is 0 Å². The molecular formula is C10H15N3. The van der Waals surface area contributed by atoms with Crippen molar-refractivity contribution in [2.75, 3.05) is 20.1 Å². The van der Waals surface area contributed by atoms with Gasteiger partial charge in [0.2, 0.25) is 0 Å². The van der Waals surface area contributed by atoms with Gasteiger partial charge in [-0.3, -0.25) is 9.88 Å². The van der Waals surface area contributed by atoms with Gasteiger partial charge in [0.25, 0.3) is 0 Å². The molecule has 13 heavy (non-hydrogen) atoms. The minimum absolute atomic E-state index is 0.691. The molecule has 3 nitrogen and oxygen atoms in total. The van der Waals surface area contributed by atoms with Gasteiger partial charge in [-0.15, -0.1) is 0 Å². The molecule has 0 aliphatic carbocycles. The first-order chi connectivity index (χ1) is 6.38. The summed E-state index contributed by atoms with van der Waals surface area (Å²) in [6, 6.07) is 4.81. The summed E-state index contributed by atoms with van der Waals surface area (Å²) >= 11 is 0. The Kier molecular flexibility index (Phi) is 2.57. The molecule has 0 amide bonds. The number of hydrogen-bond acceptors (Lipinski definition) is 3. The highest BCUT2D eigenvalue weighted by Gasteiger charge is 2.24. The van der Waals surface area contributed by atoms with Gasteiger partial charge in [0.15, 0.2) is 0 Å². The van der Waals surface area contributed by atoms with Crippen molar-refractivity contribution in [3.63, 3.8) is 0 Å². The third-order valence-electron chi connectivity index (χ3n) is 2.49. The molecule has 0 atom stereocenters. The summed E-state index contributed by atoms with van der Waals surface area (Å²) in [5.41, 5.74) is 1.30. The third-order valence-corrected chi connectivity index (χ3v) is 2.49. The van der Waals surface area contributed by atoms with Crippen molar-refractivity contribution in [1.29, 1.82) is 0 Å². The second-order valence-corrected chi connectivity index (χ2v) is 3.54. The van der Waals surface area contributed by atoms with Crippen LogP contribution in [0.1, 0.15) is 5.56 Å². The van der Waals surface area contributed by atoms with Crippen molar-refractivity contribution in [3.05, 3.63) is 30.1 Å². The van der Waals surface area contributed by atoms with E-state index in [-0.39, 0.29) is 0 Å². The Balaban J connectivity index is 1.81. The summed E-state index contributed by atoms with van der Waals surface area (Å²) in [6.07, 6.45) is 3.75. The van der Waals surface area contributed by atoms with Crippen molar-refractivity contribution in [1.82, 2.24) is 15.2 Å². The molecule has 70 valence electrons. The topological polar surface area (TPSA) is 28.2 Å². The molecule has 1 aromatic heterocycles. The summed E-state index contributed by atoms with van der Waals surface area (Å²) in [5.74, 6) is 0. The van der Waals surface area contributed by atoms with Crippen molar-refractivity contribution in [2.24, 2.45) is 0 Å². The van der Waals surface area contributed by atoms with E-state index in [0.29, 0.717) is 6.04 Å². The fraction of sp³-hybridized carbons (Fsp3) is 0.500. The van der Waals surface area contributed by atoms with Crippen LogP contribution in [0.5, 0.6) is 0 Å². The highest BCUT2D eigenvalue weighted by molar-refractivity contribution is 5.09. The predicted octanol–water partition coefficient (Wildman–Crippen LogP) is 0.485. The first-order valence-electron chi connectivity index (χ1n) is 4.67. The summed E-state index contributed by atoms with van der Waals surface area (Å²) in [4.78, 5) is 6.51. The first-order valence-corrected chi connectivity index (χ1v) is 4.67. The summed E-state index contributed by atoms with van der Waals surface area (Å²) in [7, 11) is 2.02. The molecule has 1 aromatic rings. The molecule has 0 spiro atoms. The lowest BCUT2D eigenvalue weighted by molar-refractivity contribution is 0.124. The largest absolute Gasteiger partial charge is 0.315 e. The zero-order valence-corrected chi connectivity index (χ0v) is 7.90. The Morgan fingerprint density at radius 1 is 1.62 bits per heavy atom. The second-order valence-electron chi connectivity index (χ2n) is 3.54. The highest BCUT2D eigenvalue weighted by Crippen LogP contribution is 2.11. The molecule has 0 aromatic carbocycles. The van der Waals surface area contributed by atoms with E-state index < -0.39 is 0 Å². The number of likely N-dealkylation sites (N-methyl/N-ethyl adjacent to an activating group) is 1. The lowest BCUT2D eigenvalue weighted by Crippen LogP contribution is -2.56. The standard InChI is InChI=1S/C10H15N3/c1-11-10-7-13(8-10)6-9-3-2-4-12-5-9/h2-5,10-11H,6-8H2,1H3. The number of hydrogen-bond donors (Lipinski definition) is 1. The average molecular weight is 177 g/mol. The van der Waals surface area contributed by atoms with Gasteiger partial charge in [-0.25, -0.2) is 0 Å². The molecule has 3 heteroatoms. The van der Waals surface area contributed by atoms with E-state index in [0.717, 1.165) is 19.6 Å². The fourth-order valence-electron chi connectivity index (χ4n) is 1.63. The lowest BCUT2D eigenvalue weighted by Gasteiger charge is -2.38. The molecule has 2 rings (SSSR count). The average Bonchev–Trinajstić information content (AvgIpc) is 2.12. The summed E-state index contributed by atoms with van der Waals surface area (Å²) in [6.45, 7) is 3.35. The molecule has 1 saturated heterocycles. The van der Waals surface area contributed by atoms with Gasteiger partial charge >= 0.3 is 0 Å². The molecular weight excluding hydrogens is 162 g/mol. The molecule has 1 aliphatic rings. The van der Waals surface area contributed by atoms with Crippen LogP contribution in [0.3, 0.4) is 0 Å². The maximum Gasteiger partial charge on any atom is 0.0320 e. The third kappa shape index (κ3) is 2.05. The van der Waals surface area contributed by atoms with Gasteiger partial charge in [-0.2, -0.15) is 0 Å². The quantitative estimate of drug-likeness (QED) is 0.728. The van der Waals surface area contributed by atoms with Crippen LogP contribution < -0.4 is 5.32 Å². The van der Waals surface area contributed by atoms with E-state index in [1.807, 2.05) is 25.5 Å².